The fourth-order valence-corrected chi connectivity index (χ4v) is 4.33. The average Bonchev–Trinajstić information content (AvgIpc) is 2.64. The first-order chi connectivity index (χ1) is 13.0. The van der Waals surface area contributed by atoms with Gasteiger partial charge in [0.15, 0.2) is 5.78 Å². The number of benzene rings is 2. The molecule has 2 aromatic rings. The SMILES string of the molecule is O=C1CCCC2=C1C(c1cccc(F)c1)CC(=O)N2c1cccc(Cl)c1Cl. The van der Waals surface area contributed by atoms with Gasteiger partial charge in [-0.05, 0) is 42.7 Å². The number of hydrogen-bond acceptors (Lipinski definition) is 2. The van der Waals surface area contributed by atoms with Crippen molar-refractivity contribution < 1.29 is 14.0 Å². The molecule has 6 heteroatoms. The molecule has 2 aliphatic rings. The first-order valence-corrected chi connectivity index (χ1v) is 9.51. The molecule has 1 atom stereocenters. The highest BCUT2D eigenvalue weighted by Crippen LogP contribution is 2.45. The maximum absolute atomic E-state index is 13.8. The van der Waals surface area contributed by atoms with Crippen LogP contribution in [0, 0.1) is 5.82 Å². The van der Waals surface area contributed by atoms with Crippen LogP contribution in [-0.2, 0) is 9.59 Å². The molecule has 0 N–H and O–H groups in total. The van der Waals surface area contributed by atoms with Gasteiger partial charge in [0, 0.05) is 30.0 Å². The fourth-order valence-electron chi connectivity index (χ4n) is 3.95. The highest BCUT2D eigenvalue weighted by molar-refractivity contribution is 6.44. The molecule has 1 unspecified atom stereocenters. The van der Waals surface area contributed by atoms with E-state index in [9.17, 15) is 14.0 Å². The summed E-state index contributed by atoms with van der Waals surface area (Å²) in [5.74, 6) is -1.00. The van der Waals surface area contributed by atoms with Crippen LogP contribution in [0.15, 0.2) is 53.7 Å². The molecule has 0 spiro atoms. The van der Waals surface area contributed by atoms with Crippen LogP contribution in [0.2, 0.25) is 10.0 Å². The maximum Gasteiger partial charge on any atom is 0.232 e. The van der Waals surface area contributed by atoms with E-state index in [4.69, 9.17) is 23.2 Å². The number of halogens is 3. The molecule has 0 aromatic heterocycles. The summed E-state index contributed by atoms with van der Waals surface area (Å²) in [5, 5.41) is 0.625. The fraction of sp³-hybridized carbons (Fsp3) is 0.238. The van der Waals surface area contributed by atoms with Crippen molar-refractivity contribution in [1.82, 2.24) is 0 Å². The topological polar surface area (TPSA) is 37.4 Å². The normalized spacial score (nSPS) is 20.1. The Kier molecular flexibility index (Phi) is 4.79. The van der Waals surface area contributed by atoms with Gasteiger partial charge in [0.1, 0.15) is 5.82 Å². The summed E-state index contributed by atoms with van der Waals surface area (Å²) in [7, 11) is 0. The Morgan fingerprint density at radius 3 is 2.59 bits per heavy atom. The van der Waals surface area contributed by atoms with Gasteiger partial charge in [-0.25, -0.2) is 4.39 Å². The van der Waals surface area contributed by atoms with Crippen molar-refractivity contribution in [2.75, 3.05) is 4.90 Å². The van der Waals surface area contributed by atoms with E-state index in [0.29, 0.717) is 46.8 Å². The largest absolute Gasteiger partial charge is 0.294 e. The van der Waals surface area contributed by atoms with Crippen molar-refractivity contribution in [2.24, 2.45) is 0 Å². The highest BCUT2D eigenvalue weighted by Gasteiger charge is 2.40. The van der Waals surface area contributed by atoms with E-state index in [-0.39, 0.29) is 29.0 Å². The monoisotopic (exact) mass is 403 g/mol. The van der Waals surface area contributed by atoms with Gasteiger partial charge in [-0.3, -0.25) is 14.5 Å². The predicted octanol–water partition coefficient (Wildman–Crippen LogP) is 5.66. The van der Waals surface area contributed by atoms with E-state index < -0.39 is 5.92 Å². The molecule has 27 heavy (non-hydrogen) atoms. The van der Waals surface area contributed by atoms with E-state index in [0.717, 1.165) is 0 Å². The van der Waals surface area contributed by atoms with Crippen LogP contribution >= 0.6 is 23.2 Å². The van der Waals surface area contributed by atoms with Crippen LogP contribution in [-0.4, -0.2) is 11.7 Å². The Morgan fingerprint density at radius 2 is 1.81 bits per heavy atom. The lowest BCUT2D eigenvalue weighted by Crippen LogP contribution is -2.40. The first-order valence-electron chi connectivity index (χ1n) is 8.76. The molecule has 0 saturated heterocycles. The smallest absolute Gasteiger partial charge is 0.232 e. The van der Waals surface area contributed by atoms with Crippen LogP contribution < -0.4 is 4.90 Å². The second-order valence-corrected chi connectivity index (χ2v) is 7.54. The number of Topliss-reactive ketones (excluding diaryl/α,β-unsaturated/α-hetero) is 1. The molecule has 0 fully saturated rings. The van der Waals surface area contributed by atoms with E-state index in [1.54, 1.807) is 30.3 Å². The molecule has 1 aliphatic carbocycles. The number of allylic oxidation sites excluding steroid dienone is 2. The third-order valence-electron chi connectivity index (χ3n) is 5.10. The molecule has 138 valence electrons. The molecule has 4 rings (SSSR count). The van der Waals surface area contributed by atoms with Crippen LogP contribution in [0.3, 0.4) is 0 Å². The maximum atomic E-state index is 13.8. The van der Waals surface area contributed by atoms with Gasteiger partial charge in [-0.1, -0.05) is 41.4 Å². The molecule has 2 aromatic carbocycles. The Labute approximate surface area is 166 Å². The first kappa shape index (κ1) is 18.2. The van der Waals surface area contributed by atoms with Crippen LogP contribution in [0.25, 0.3) is 0 Å². The predicted molar refractivity (Wildman–Crippen MR) is 104 cm³/mol. The Bertz CT molecular complexity index is 986. The Hall–Kier alpha value is -2.17. The van der Waals surface area contributed by atoms with Crippen molar-refractivity contribution in [2.45, 2.75) is 31.6 Å². The summed E-state index contributed by atoms with van der Waals surface area (Å²) in [6.45, 7) is 0. The Balaban J connectivity index is 1.90. The number of rotatable bonds is 2. The van der Waals surface area contributed by atoms with Crippen LogP contribution in [0.5, 0.6) is 0 Å². The third kappa shape index (κ3) is 3.17. The van der Waals surface area contributed by atoms with Crippen molar-refractivity contribution >= 4 is 40.6 Å². The number of carbonyl (C=O) groups is 2. The second-order valence-electron chi connectivity index (χ2n) is 6.75. The zero-order chi connectivity index (χ0) is 19.1. The molecule has 0 bridgehead atoms. The minimum absolute atomic E-state index is 0.00108. The van der Waals surface area contributed by atoms with Crippen LogP contribution in [0.1, 0.15) is 37.2 Å². The minimum Gasteiger partial charge on any atom is -0.294 e. The quantitative estimate of drug-likeness (QED) is 0.648. The summed E-state index contributed by atoms with van der Waals surface area (Å²) in [5.41, 5.74) is 2.36. The number of carbonyl (C=O) groups excluding carboxylic acids is 2. The van der Waals surface area contributed by atoms with Crippen LogP contribution in [0.4, 0.5) is 10.1 Å². The van der Waals surface area contributed by atoms with Gasteiger partial charge in [-0.2, -0.15) is 0 Å². The second kappa shape index (κ2) is 7.10. The van der Waals surface area contributed by atoms with E-state index in [1.165, 1.54) is 17.0 Å². The van der Waals surface area contributed by atoms with Gasteiger partial charge in [0.25, 0.3) is 0 Å². The zero-order valence-electron chi connectivity index (χ0n) is 14.3. The lowest BCUT2D eigenvalue weighted by Gasteiger charge is -2.38. The van der Waals surface area contributed by atoms with E-state index >= 15 is 0 Å². The number of hydrogen-bond donors (Lipinski definition) is 0. The molecule has 0 radical (unpaired) electrons. The van der Waals surface area contributed by atoms with Crippen molar-refractivity contribution in [1.29, 1.82) is 0 Å². The highest BCUT2D eigenvalue weighted by atomic mass is 35.5. The molecule has 1 heterocycles. The summed E-state index contributed by atoms with van der Waals surface area (Å²) in [6, 6.07) is 11.2. The third-order valence-corrected chi connectivity index (χ3v) is 5.91. The standard InChI is InChI=1S/C21H16Cl2FNO2/c22-15-6-2-8-17(21(15)23)25-16-7-3-9-18(26)20(16)14(11-19(25)27)12-4-1-5-13(24)10-12/h1-2,4-6,8,10,14H,3,7,9,11H2. The summed E-state index contributed by atoms with van der Waals surface area (Å²) >= 11 is 12.5. The van der Waals surface area contributed by atoms with E-state index in [1.807, 2.05) is 0 Å². The lowest BCUT2D eigenvalue weighted by molar-refractivity contribution is -0.119. The number of amides is 1. The molecular weight excluding hydrogens is 388 g/mol. The molecule has 1 amide bonds. The number of ketones is 1. The lowest BCUT2D eigenvalue weighted by atomic mass is 9.77. The van der Waals surface area contributed by atoms with E-state index in [2.05, 4.69) is 0 Å². The van der Waals surface area contributed by atoms with Crippen molar-refractivity contribution in [3.63, 3.8) is 0 Å². The van der Waals surface area contributed by atoms with Gasteiger partial charge < -0.3 is 0 Å². The van der Waals surface area contributed by atoms with Gasteiger partial charge >= 0.3 is 0 Å². The van der Waals surface area contributed by atoms with Crippen molar-refractivity contribution in [3.05, 3.63) is 75.2 Å². The molecule has 0 saturated carbocycles. The number of anilines is 1. The average molecular weight is 404 g/mol. The molecule has 3 nitrogen and oxygen atoms in total. The summed E-state index contributed by atoms with van der Waals surface area (Å²) in [6.07, 6.45) is 1.75. The number of nitrogens with zero attached hydrogens (tertiary/aromatic N) is 1. The van der Waals surface area contributed by atoms with Crippen molar-refractivity contribution in [3.8, 4) is 0 Å². The molecular formula is C21H16Cl2FNO2. The van der Waals surface area contributed by atoms with Gasteiger partial charge in [-0.15, -0.1) is 0 Å². The molecule has 1 aliphatic heterocycles. The minimum atomic E-state index is -0.440. The zero-order valence-corrected chi connectivity index (χ0v) is 15.9. The Morgan fingerprint density at radius 1 is 1.04 bits per heavy atom. The van der Waals surface area contributed by atoms with Gasteiger partial charge in [0.2, 0.25) is 5.91 Å². The summed E-state index contributed by atoms with van der Waals surface area (Å²) in [4.78, 5) is 27.4. The van der Waals surface area contributed by atoms with Gasteiger partial charge in [0.05, 0.1) is 15.7 Å². The summed E-state index contributed by atoms with van der Waals surface area (Å²) < 4.78 is 13.8.